The minimum atomic E-state index is -0.849. The molecule has 0 aromatic carbocycles. The van der Waals surface area contributed by atoms with Crippen molar-refractivity contribution in [2.75, 3.05) is 46.4 Å². The Morgan fingerprint density at radius 3 is 2.43 bits per heavy atom. The first-order valence-electron chi connectivity index (χ1n) is 11.0. The second kappa shape index (κ2) is 8.19. The molecule has 1 atom stereocenters. The minimum absolute atomic E-state index is 0.00100. The number of aliphatic carboxylic acids is 1. The Balaban J connectivity index is 1.21. The molecule has 0 radical (unpaired) electrons. The Hall–Kier alpha value is -1.34. The SMILES string of the molecule is CN(CC(=O)O)CC1CN(C(=O)NCCC23CC4CC(CC(C4)C2)C3)CCO1. The van der Waals surface area contributed by atoms with Crippen molar-refractivity contribution in [3.05, 3.63) is 0 Å². The molecule has 0 aromatic rings. The average Bonchev–Trinajstić information content (AvgIpc) is 2.59. The summed E-state index contributed by atoms with van der Waals surface area (Å²) in [5.74, 6) is 2.00. The summed E-state index contributed by atoms with van der Waals surface area (Å²) in [4.78, 5) is 27.0. The van der Waals surface area contributed by atoms with E-state index < -0.39 is 5.97 Å². The predicted molar refractivity (Wildman–Crippen MR) is 105 cm³/mol. The molecular formula is C21H35N3O4. The van der Waals surface area contributed by atoms with E-state index in [1.165, 1.54) is 38.5 Å². The first kappa shape index (κ1) is 20.0. The fourth-order valence-electron chi connectivity index (χ4n) is 6.80. The second-order valence-electron chi connectivity index (χ2n) is 9.93. The van der Waals surface area contributed by atoms with Crippen LogP contribution in [0.25, 0.3) is 0 Å². The summed E-state index contributed by atoms with van der Waals surface area (Å²) in [5.41, 5.74) is 0.495. The lowest BCUT2D eigenvalue weighted by molar-refractivity contribution is -0.138. The van der Waals surface area contributed by atoms with Crippen LogP contribution in [0.2, 0.25) is 0 Å². The van der Waals surface area contributed by atoms with E-state index in [0.717, 1.165) is 30.7 Å². The summed E-state index contributed by atoms with van der Waals surface area (Å²) >= 11 is 0. The number of likely N-dealkylation sites (N-methyl/N-ethyl adjacent to an activating group) is 1. The number of amides is 2. The van der Waals surface area contributed by atoms with E-state index in [1.807, 2.05) is 4.90 Å². The molecule has 4 aliphatic carbocycles. The van der Waals surface area contributed by atoms with Crippen molar-refractivity contribution in [1.29, 1.82) is 0 Å². The van der Waals surface area contributed by atoms with Gasteiger partial charge in [0.2, 0.25) is 0 Å². The Morgan fingerprint density at radius 1 is 1.18 bits per heavy atom. The zero-order valence-corrected chi connectivity index (χ0v) is 17.1. The number of hydrogen-bond donors (Lipinski definition) is 2. The summed E-state index contributed by atoms with van der Waals surface area (Å²) in [6.45, 7) is 2.90. The quantitative estimate of drug-likeness (QED) is 0.692. The van der Waals surface area contributed by atoms with E-state index >= 15 is 0 Å². The number of ether oxygens (including phenoxy) is 1. The standard InChI is InChI=1S/C21H35N3O4/c1-23(14-19(25)26)12-18-13-24(4-5-28-18)20(27)22-3-2-21-9-15-6-16(10-21)8-17(7-15)11-21/h15-18H,2-14H2,1H3,(H,22,27)(H,25,26). The zero-order valence-electron chi connectivity index (χ0n) is 17.1. The molecule has 1 aliphatic heterocycles. The fourth-order valence-corrected chi connectivity index (χ4v) is 6.80. The Morgan fingerprint density at radius 2 is 1.82 bits per heavy atom. The minimum Gasteiger partial charge on any atom is -0.480 e. The monoisotopic (exact) mass is 393 g/mol. The molecule has 28 heavy (non-hydrogen) atoms. The third-order valence-corrected chi connectivity index (χ3v) is 7.44. The first-order valence-corrected chi connectivity index (χ1v) is 11.0. The number of carboxylic acid groups (broad SMARTS) is 1. The Bertz CT molecular complexity index is 561. The van der Waals surface area contributed by atoms with Crippen LogP contribution in [-0.4, -0.2) is 79.4 Å². The van der Waals surface area contributed by atoms with Crippen molar-refractivity contribution >= 4 is 12.0 Å². The lowest BCUT2D eigenvalue weighted by Crippen LogP contribution is -2.53. The highest BCUT2D eigenvalue weighted by Gasteiger charge is 2.50. The molecule has 0 spiro atoms. The van der Waals surface area contributed by atoms with Crippen LogP contribution in [-0.2, 0) is 9.53 Å². The van der Waals surface area contributed by atoms with Crippen LogP contribution >= 0.6 is 0 Å². The van der Waals surface area contributed by atoms with Crippen LogP contribution in [0.1, 0.15) is 44.9 Å². The lowest BCUT2D eigenvalue weighted by atomic mass is 9.49. The maximum absolute atomic E-state index is 12.6. The third kappa shape index (κ3) is 4.62. The molecule has 4 saturated carbocycles. The van der Waals surface area contributed by atoms with Gasteiger partial charge in [0.1, 0.15) is 0 Å². The number of hydrogen-bond acceptors (Lipinski definition) is 4. The molecule has 7 nitrogen and oxygen atoms in total. The van der Waals surface area contributed by atoms with Gasteiger partial charge in [0.15, 0.2) is 0 Å². The summed E-state index contributed by atoms with van der Waals surface area (Å²) in [6.07, 6.45) is 9.49. The van der Waals surface area contributed by atoms with Crippen LogP contribution in [0.4, 0.5) is 4.79 Å². The molecule has 1 heterocycles. The summed E-state index contributed by atoms with van der Waals surface area (Å²) in [6, 6.07) is -0.00100. The molecule has 2 amide bonds. The molecule has 4 bridgehead atoms. The largest absolute Gasteiger partial charge is 0.480 e. The van der Waals surface area contributed by atoms with Gasteiger partial charge in [-0.05, 0) is 75.2 Å². The molecule has 5 aliphatic rings. The number of nitrogens with zero attached hydrogens (tertiary/aromatic N) is 2. The van der Waals surface area contributed by atoms with Crippen LogP contribution in [0.5, 0.6) is 0 Å². The average molecular weight is 394 g/mol. The number of urea groups is 1. The van der Waals surface area contributed by atoms with Crippen LogP contribution in [0.15, 0.2) is 0 Å². The third-order valence-electron chi connectivity index (χ3n) is 7.44. The van der Waals surface area contributed by atoms with Gasteiger partial charge < -0.3 is 20.1 Å². The Labute approximate surface area is 167 Å². The molecule has 5 fully saturated rings. The number of rotatable bonds is 7. The highest BCUT2D eigenvalue weighted by molar-refractivity contribution is 5.74. The first-order chi connectivity index (χ1) is 13.4. The maximum Gasteiger partial charge on any atom is 0.317 e. The topological polar surface area (TPSA) is 82.1 Å². The normalized spacial score (nSPS) is 36.7. The smallest absolute Gasteiger partial charge is 0.317 e. The zero-order chi connectivity index (χ0) is 19.7. The van der Waals surface area contributed by atoms with Gasteiger partial charge in [0.25, 0.3) is 0 Å². The van der Waals surface area contributed by atoms with E-state index in [-0.39, 0.29) is 18.7 Å². The molecule has 2 N–H and O–H groups in total. The van der Waals surface area contributed by atoms with E-state index in [0.29, 0.717) is 31.7 Å². The predicted octanol–water partition coefficient (Wildman–Crippen LogP) is 2.02. The van der Waals surface area contributed by atoms with Gasteiger partial charge in [-0.3, -0.25) is 9.69 Å². The second-order valence-corrected chi connectivity index (χ2v) is 9.93. The molecule has 5 rings (SSSR count). The van der Waals surface area contributed by atoms with E-state index in [4.69, 9.17) is 9.84 Å². The van der Waals surface area contributed by atoms with Crippen LogP contribution in [0.3, 0.4) is 0 Å². The van der Waals surface area contributed by atoms with Crippen molar-refractivity contribution in [2.45, 2.75) is 51.0 Å². The summed E-state index contributed by atoms with van der Waals surface area (Å²) < 4.78 is 5.72. The highest BCUT2D eigenvalue weighted by atomic mass is 16.5. The van der Waals surface area contributed by atoms with Crippen molar-refractivity contribution in [1.82, 2.24) is 15.1 Å². The van der Waals surface area contributed by atoms with Crippen molar-refractivity contribution in [3.63, 3.8) is 0 Å². The Kier molecular flexibility index (Phi) is 5.83. The molecular weight excluding hydrogens is 358 g/mol. The van der Waals surface area contributed by atoms with Crippen LogP contribution in [0, 0.1) is 23.2 Å². The number of carbonyl (C=O) groups excluding carboxylic acids is 1. The van der Waals surface area contributed by atoms with Crippen molar-refractivity contribution in [3.8, 4) is 0 Å². The van der Waals surface area contributed by atoms with Gasteiger partial charge in [-0.25, -0.2) is 4.79 Å². The summed E-state index contributed by atoms with van der Waals surface area (Å²) in [7, 11) is 1.77. The number of morpholine rings is 1. The van der Waals surface area contributed by atoms with Gasteiger partial charge in [-0.15, -0.1) is 0 Å². The van der Waals surface area contributed by atoms with E-state index in [9.17, 15) is 9.59 Å². The highest BCUT2D eigenvalue weighted by Crippen LogP contribution is 2.61. The molecule has 7 heteroatoms. The molecule has 158 valence electrons. The van der Waals surface area contributed by atoms with E-state index in [1.54, 1.807) is 11.9 Å². The van der Waals surface area contributed by atoms with E-state index in [2.05, 4.69) is 5.32 Å². The van der Waals surface area contributed by atoms with Crippen molar-refractivity contribution < 1.29 is 19.4 Å². The van der Waals surface area contributed by atoms with Gasteiger partial charge in [0.05, 0.1) is 19.3 Å². The van der Waals surface area contributed by atoms with Gasteiger partial charge in [-0.1, -0.05) is 0 Å². The van der Waals surface area contributed by atoms with Gasteiger partial charge in [-0.2, -0.15) is 0 Å². The number of carboxylic acids is 1. The number of nitrogens with one attached hydrogen (secondary N) is 1. The molecule has 1 unspecified atom stereocenters. The fraction of sp³-hybridized carbons (Fsp3) is 0.905. The van der Waals surface area contributed by atoms with Crippen molar-refractivity contribution in [2.24, 2.45) is 23.2 Å². The number of carbonyl (C=O) groups is 2. The van der Waals surface area contributed by atoms with Crippen LogP contribution < -0.4 is 5.32 Å². The maximum atomic E-state index is 12.6. The summed E-state index contributed by atoms with van der Waals surface area (Å²) in [5, 5.41) is 12.0. The lowest BCUT2D eigenvalue weighted by Gasteiger charge is -2.57. The molecule has 1 saturated heterocycles. The van der Waals surface area contributed by atoms with Gasteiger partial charge in [0, 0.05) is 26.2 Å². The van der Waals surface area contributed by atoms with Gasteiger partial charge >= 0.3 is 12.0 Å². The molecule has 0 aromatic heterocycles.